The number of thiazole rings is 1. The molecule has 0 spiro atoms. The SMILES string of the molecule is Cc1ncsc1-c1ccc([C@H](C)NC(O)[C@@H]2C[C@@H](O)CN2C(=O)[C@@H](NC(=O)CN2CCC(c3cccc(OC[C@H](CCC(N)=O)NC(=O)OC(C)(C)C)c3Cl)CC2)C(C)(C)C)cc1. The zero-order chi connectivity index (χ0) is 46.2. The first-order chi connectivity index (χ1) is 29.6. The Morgan fingerprint density at radius 3 is 2.32 bits per heavy atom. The molecule has 0 bridgehead atoms. The number of halogens is 1. The molecule has 1 aromatic heterocycles. The van der Waals surface area contributed by atoms with Gasteiger partial charge in [-0.15, -0.1) is 11.3 Å². The van der Waals surface area contributed by atoms with E-state index in [2.05, 4.69) is 25.8 Å². The lowest BCUT2D eigenvalue weighted by Gasteiger charge is -2.38. The minimum Gasteiger partial charge on any atom is -0.490 e. The van der Waals surface area contributed by atoms with E-state index >= 15 is 0 Å². The van der Waals surface area contributed by atoms with Crippen LogP contribution in [0.3, 0.4) is 0 Å². The molecule has 7 N–H and O–H groups in total. The van der Waals surface area contributed by atoms with Crippen LogP contribution in [-0.4, -0.2) is 118 Å². The van der Waals surface area contributed by atoms with Gasteiger partial charge in [-0.1, -0.05) is 68.8 Å². The number of amides is 4. The van der Waals surface area contributed by atoms with Crippen LogP contribution in [0, 0.1) is 12.3 Å². The van der Waals surface area contributed by atoms with Crippen molar-refractivity contribution < 1.29 is 38.9 Å². The first-order valence-corrected chi connectivity index (χ1v) is 23.0. The van der Waals surface area contributed by atoms with E-state index in [1.807, 2.05) is 76.5 Å². The van der Waals surface area contributed by atoms with Gasteiger partial charge in [0.25, 0.3) is 0 Å². The van der Waals surface area contributed by atoms with Crippen molar-refractivity contribution in [2.75, 3.05) is 32.8 Å². The number of benzene rings is 2. The van der Waals surface area contributed by atoms with E-state index in [1.54, 1.807) is 38.2 Å². The number of β-amino-alcohol motifs (C(OH)–C–C–N with tert-alkyl or cyclic N) is 1. The molecule has 2 aromatic carbocycles. The summed E-state index contributed by atoms with van der Waals surface area (Å²) in [5.41, 5.74) is 9.74. The first-order valence-electron chi connectivity index (χ1n) is 21.7. The number of rotatable bonds is 17. The van der Waals surface area contributed by atoms with Crippen LogP contribution in [0.5, 0.6) is 5.75 Å². The minimum absolute atomic E-state index is 0.0427. The van der Waals surface area contributed by atoms with Crippen LogP contribution in [-0.2, 0) is 19.1 Å². The van der Waals surface area contributed by atoms with E-state index in [0.29, 0.717) is 23.9 Å². The molecule has 3 aromatic rings. The number of carbonyl (C=O) groups excluding carboxylic acids is 4. The number of aliphatic hydroxyl groups excluding tert-OH is 2. The standard InChI is InChI=1S/C46H66ClN7O8S/c1-27(29-12-14-31(15-13-29)40-28(2)49-26-63-40)50-42(58)35-22-33(55)23-54(35)43(59)41(45(3,4)5)52-38(57)24-53-20-18-30(19-21-53)34-10-9-11-36(39(34)47)61-25-32(16-17-37(48)56)51-44(60)62-46(6,7)8/h9-15,26-27,30,32-33,35,41-42,50,55,58H,16-25H2,1-8H3,(H2,48,56)(H,51,60)(H,52,57)/t27-,32-,33+,35-,41+,42?/m0/s1. The van der Waals surface area contributed by atoms with Gasteiger partial charge in [-0.3, -0.25) is 24.6 Å². The summed E-state index contributed by atoms with van der Waals surface area (Å²) in [6, 6.07) is 11.2. The Hall–Kier alpha value is -4.32. The summed E-state index contributed by atoms with van der Waals surface area (Å²) in [6.45, 7) is 16.3. The number of alkyl carbamates (subject to hydrolysis) is 1. The highest BCUT2D eigenvalue weighted by Gasteiger charge is 2.44. The third-order valence-electron chi connectivity index (χ3n) is 11.5. The predicted octanol–water partition coefficient (Wildman–Crippen LogP) is 5.65. The van der Waals surface area contributed by atoms with Gasteiger partial charge in [0.1, 0.15) is 30.2 Å². The average molecular weight is 913 g/mol. The van der Waals surface area contributed by atoms with Gasteiger partial charge < -0.3 is 41.0 Å². The van der Waals surface area contributed by atoms with E-state index in [4.69, 9.17) is 26.8 Å². The fraction of sp³-hybridized carbons (Fsp3) is 0.587. The van der Waals surface area contributed by atoms with Gasteiger partial charge in [-0.05, 0) is 107 Å². The van der Waals surface area contributed by atoms with Crippen LogP contribution in [0.4, 0.5) is 4.79 Å². The van der Waals surface area contributed by atoms with Gasteiger partial charge in [-0.25, -0.2) is 9.78 Å². The van der Waals surface area contributed by atoms with Crippen LogP contribution in [0.1, 0.15) is 109 Å². The van der Waals surface area contributed by atoms with Crippen LogP contribution < -0.4 is 26.4 Å². The van der Waals surface area contributed by atoms with Gasteiger partial charge >= 0.3 is 6.09 Å². The van der Waals surface area contributed by atoms with E-state index in [-0.39, 0.29) is 62.7 Å². The molecule has 63 heavy (non-hydrogen) atoms. The Morgan fingerprint density at radius 1 is 1.03 bits per heavy atom. The molecule has 2 aliphatic heterocycles. The molecule has 1 unspecified atom stereocenters. The Balaban J connectivity index is 1.15. The van der Waals surface area contributed by atoms with Crippen molar-refractivity contribution in [1.29, 1.82) is 0 Å². The normalized spacial score (nSPS) is 19.5. The quantitative estimate of drug-likeness (QED) is 0.0913. The maximum Gasteiger partial charge on any atom is 0.407 e. The summed E-state index contributed by atoms with van der Waals surface area (Å²) in [5.74, 6) is -0.594. The van der Waals surface area contributed by atoms with Crippen molar-refractivity contribution in [2.24, 2.45) is 11.1 Å². The zero-order valence-corrected chi connectivity index (χ0v) is 39.4. The number of ether oxygens (including phenoxy) is 2. The topological polar surface area (TPSA) is 209 Å². The molecule has 0 saturated carbocycles. The van der Waals surface area contributed by atoms with Crippen molar-refractivity contribution in [2.45, 2.75) is 136 Å². The number of hydrogen-bond acceptors (Lipinski definition) is 12. The monoisotopic (exact) mass is 911 g/mol. The minimum atomic E-state index is -1.13. The molecule has 2 saturated heterocycles. The lowest BCUT2D eigenvalue weighted by molar-refractivity contribution is -0.143. The van der Waals surface area contributed by atoms with E-state index in [0.717, 1.165) is 40.1 Å². The number of aliphatic hydroxyl groups is 2. The number of nitrogens with one attached hydrogen (secondary N) is 3. The highest BCUT2D eigenvalue weighted by molar-refractivity contribution is 7.13. The van der Waals surface area contributed by atoms with Crippen LogP contribution >= 0.6 is 22.9 Å². The average Bonchev–Trinajstić information content (AvgIpc) is 3.82. The number of nitrogens with zero attached hydrogens (tertiary/aromatic N) is 3. The molecular weight excluding hydrogens is 846 g/mol. The summed E-state index contributed by atoms with van der Waals surface area (Å²) < 4.78 is 11.5. The summed E-state index contributed by atoms with van der Waals surface area (Å²) in [7, 11) is 0. The number of nitrogens with two attached hydrogens (primary N) is 1. The number of piperidine rings is 1. The lowest BCUT2D eigenvalue weighted by Crippen LogP contribution is -2.59. The highest BCUT2D eigenvalue weighted by atomic mass is 35.5. The number of hydrogen-bond donors (Lipinski definition) is 6. The smallest absolute Gasteiger partial charge is 0.407 e. The number of primary amides is 1. The van der Waals surface area contributed by atoms with E-state index in [9.17, 15) is 29.4 Å². The highest BCUT2D eigenvalue weighted by Crippen LogP contribution is 2.38. The summed E-state index contributed by atoms with van der Waals surface area (Å²) >= 11 is 8.49. The number of likely N-dealkylation sites (tertiary alicyclic amines) is 2. The molecule has 2 aliphatic rings. The molecule has 0 radical (unpaired) electrons. The van der Waals surface area contributed by atoms with Gasteiger partial charge in [0.2, 0.25) is 17.7 Å². The Bertz CT molecular complexity index is 2030. The maximum absolute atomic E-state index is 14.3. The molecule has 17 heteroatoms. The van der Waals surface area contributed by atoms with Gasteiger partial charge in [0, 0.05) is 19.0 Å². The third kappa shape index (κ3) is 14.1. The van der Waals surface area contributed by atoms with Crippen LogP contribution in [0.25, 0.3) is 10.4 Å². The van der Waals surface area contributed by atoms with Gasteiger partial charge in [0.15, 0.2) is 0 Å². The maximum atomic E-state index is 14.3. The fourth-order valence-electron chi connectivity index (χ4n) is 8.12. The molecule has 15 nitrogen and oxygen atoms in total. The first kappa shape index (κ1) is 49.7. The van der Waals surface area contributed by atoms with Crippen LogP contribution in [0.2, 0.25) is 5.02 Å². The van der Waals surface area contributed by atoms with Crippen molar-refractivity contribution in [1.82, 2.24) is 30.7 Å². The zero-order valence-electron chi connectivity index (χ0n) is 37.8. The lowest BCUT2D eigenvalue weighted by atomic mass is 9.85. The second-order valence-corrected chi connectivity index (χ2v) is 20.1. The predicted molar refractivity (Wildman–Crippen MR) is 244 cm³/mol. The molecule has 3 heterocycles. The van der Waals surface area contributed by atoms with Crippen molar-refractivity contribution >= 4 is 46.8 Å². The third-order valence-corrected chi connectivity index (χ3v) is 12.9. The Labute approximate surface area is 380 Å². The van der Waals surface area contributed by atoms with Crippen molar-refractivity contribution in [3.8, 4) is 16.2 Å². The molecule has 5 rings (SSSR count). The summed E-state index contributed by atoms with van der Waals surface area (Å²) in [5, 5.41) is 31.7. The Morgan fingerprint density at radius 2 is 1.71 bits per heavy atom. The van der Waals surface area contributed by atoms with Crippen LogP contribution in [0.15, 0.2) is 48.0 Å². The number of aryl methyl sites for hydroxylation is 1. The largest absolute Gasteiger partial charge is 0.490 e. The van der Waals surface area contributed by atoms with E-state index in [1.165, 1.54) is 4.90 Å². The van der Waals surface area contributed by atoms with Crippen molar-refractivity contribution in [3.63, 3.8) is 0 Å². The molecule has 2 fully saturated rings. The number of aromatic nitrogens is 1. The molecular formula is C46H66ClN7O8S. The molecule has 4 amide bonds. The summed E-state index contributed by atoms with van der Waals surface area (Å²) in [4.78, 5) is 60.9. The molecule has 0 aliphatic carbocycles. The second kappa shape index (κ2) is 21.6. The van der Waals surface area contributed by atoms with Gasteiger partial charge in [0.05, 0.1) is 45.8 Å². The fourth-order valence-corrected chi connectivity index (χ4v) is 9.27. The number of carbonyl (C=O) groups is 4. The second-order valence-electron chi connectivity index (χ2n) is 18.9. The van der Waals surface area contributed by atoms with Gasteiger partial charge in [-0.2, -0.15) is 0 Å². The molecule has 346 valence electrons. The molecule has 6 atom stereocenters. The van der Waals surface area contributed by atoms with Crippen molar-refractivity contribution in [3.05, 3.63) is 69.8 Å². The van der Waals surface area contributed by atoms with E-state index < -0.39 is 53.5 Å². The summed E-state index contributed by atoms with van der Waals surface area (Å²) in [6.07, 6.45) is -0.618. The Kier molecular flexibility index (Phi) is 17.0.